The molecule has 0 unspecified atom stereocenters. The molecule has 7 heteroatoms. The van der Waals surface area contributed by atoms with E-state index >= 15 is 0 Å². The van der Waals surface area contributed by atoms with Crippen LogP contribution in [0.2, 0.25) is 0 Å². The maximum atomic E-state index is 12.3. The first-order valence-corrected chi connectivity index (χ1v) is 8.57. The smallest absolute Gasteiger partial charge is 0.239 e. The van der Waals surface area contributed by atoms with Crippen molar-refractivity contribution in [2.45, 2.75) is 52.1 Å². The minimum atomic E-state index is -0.0333. The highest BCUT2D eigenvalue weighted by Gasteiger charge is 2.24. The molecular weight excluding hydrogens is 306 g/mol. The van der Waals surface area contributed by atoms with E-state index in [0.29, 0.717) is 24.2 Å². The Morgan fingerprint density at radius 2 is 2.29 bits per heavy atom. The number of anilines is 1. The Balaban J connectivity index is 1.53. The quantitative estimate of drug-likeness (QED) is 0.879. The van der Waals surface area contributed by atoms with Crippen molar-refractivity contribution < 1.29 is 9.32 Å². The van der Waals surface area contributed by atoms with Crippen molar-refractivity contribution in [1.82, 2.24) is 19.6 Å². The van der Waals surface area contributed by atoms with Gasteiger partial charge in [0, 0.05) is 31.0 Å². The lowest BCUT2D eigenvalue weighted by molar-refractivity contribution is -0.118. The first-order valence-electron chi connectivity index (χ1n) is 8.57. The van der Waals surface area contributed by atoms with Gasteiger partial charge in [0.2, 0.25) is 5.91 Å². The lowest BCUT2D eigenvalue weighted by atomic mass is 9.99. The molecule has 3 rings (SSSR count). The van der Waals surface area contributed by atoms with Gasteiger partial charge in [-0.1, -0.05) is 11.6 Å². The van der Waals surface area contributed by atoms with Gasteiger partial charge in [-0.2, -0.15) is 0 Å². The van der Waals surface area contributed by atoms with E-state index in [1.807, 2.05) is 19.3 Å². The molecule has 130 valence electrons. The summed E-state index contributed by atoms with van der Waals surface area (Å²) in [5.41, 5.74) is 0. The molecule has 1 saturated heterocycles. The van der Waals surface area contributed by atoms with Gasteiger partial charge >= 0.3 is 0 Å². The van der Waals surface area contributed by atoms with Crippen LogP contribution in [0.4, 0.5) is 5.82 Å². The summed E-state index contributed by atoms with van der Waals surface area (Å²) in [4.78, 5) is 18.8. The number of aromatic nitrogens is 3. The van der Waals surface area contributed by atoms with Gasteiger partial charge in [0.1, 0.15) is 11.6 Å². The standard InChI is InChI=1S/C17H25N5O2/c1-13-11-16(20-24-13)19-17(23)12-22-8-4-3-5-15(22)6-9-21-10-7-18-14(21)2/h7,10-11,15H,3-6,8-9,12H2,1-2H3,(H,19,20,23)/t15-/m0/s1. The van der Waals surface area contributed by atoms with Gasteiger partial charge in [0.05, 0.1) is 6.54 Å². The van der Waals surface area contributed by atoms with Crippen LogP contribution < -0.4 is 5.32 Å². The Morgan fingerprint density at radius 1 is 1.42 bits per heavy atom. The van der Waals surface area contributed by atoms with E-state index in [2.05, 4.69) is 24.9 Å². The van der Waals surface area contributed by atoms with Crippen LogP contribution in [0, 0.1) is 13.8 Å². The molecule has 0 aromatic carbocycles. The van der Waals surface area contributed by atoms with E-state index in [9.17, 15) is 4.79 Å². The summed E-state index contributed by atoms with van der Waals surface area (Å²) in [5.74, 6) is 2.18. The number of nitrogens with zero attached hydrogens (tertiary/aromatic N) is 4. The van der Waals surface area contributed by atoms with Crippen LogP contribution in [0.5, 0.6) is 0 Å². The third kappa shape index (κ3) is 4.23. The maximum absolute atomic E-state index is 12.3. The number of piperidine rings is 1. The molecule has 24 heavy (non-hydrogen) atoms. The zero-order valence-corrected chi connectivity index (χ0v) is 14.4. The molecule has 0 aliphatic carbocycles. The Bertz CT molecular complexity index is 678. The van der Waals surface area contributed by atoms with Crippen molar-refractivity contribution in [2.75, 3.05) is 18.4 Å². The number of likely N-dealkylation sites (tertiary alicyclic amines) is 1. The van der Waals surface area contributed by atoms with Crippen molar-refractivity contribution in [3.8, 4) is 0 Å². The number of amides is 1. The molecule has 2 aromatic heterocycles. The predicted molar refractivity (Wildman–Crippen MR) is 90.7 cm³/mol. The van der Waals surface area contributed by atoms with Crippen molar-refractivity contribution in [1.29, 1.82) is 0 Å². The number of nitrogens with one attached hydrogen (secondary N) is 1. The van der Waals surface area contributed by atoms with E-state index in [1.54, 1.807) is 13.0 Å². The Morgan fingerprint density at radius 3 is 3.00 bits per heavy atom. The lowest BCUT2D eigenvalue weighted by Gasteiger charge is -2.35. The topological polar surface area (TPSA) is 76.2 Å². The van der Waals surface area contributed by atoms with Gasteiger partial charge < -0.3 is 14.4 Å². The van der Waals surface area contributed by atoms with E-state index in [-0.39, 0.29) is 5.91 Å². The number of carbonyl (C=O) groups is 1. The molecule has 0 spiro atoms. The summed E-state index contributed by atoms with van der Waals surface area (Å²) in [7, 11) is 0. The van der Waals surface area contributed by atoms with Gasteiger partial charge in [-0.3, -0.25) is 9.69 Å². The Kier molecular flexibility index (Phi) is 5.30. The zero-order valence-electron chi connectivity index (χ0n) is 14.4. The van der Waals surface area contributed by atoms with Crippen LogP contribution in [0.15, 0.2) is 23.0 Å². The highest BCUT2D eigenvalue weighted by molar-refractivity contribution is 5.91. The average Bonchev–Trinajstić information content (AvgIpc) is 3.15. The van der Waals surface area contributed by atoms with Crippen molar-refractivity contribution in [3.63, 3.8) is 0 Å². The second kappa shape index (κ2) is 7.61. The van der Waals surface area contributed by atoms with Crippen LogP contribution in [0.3, 0.4) is 0 Å². The fourth-order valence-electron chi connectivity index (χ4n) is 3.32. The molecule has 1 aliphatic heterocycles. The van der Waals surface area contributed by atoms with Gasteiger partial charge in [-0.15, -0.1) is 0 Å². The van der Waals surface area contributed by atoms with Crippen LogP contribution >= 0.6 is 0 Å². The highest BCUT2D eigenvalue weighted by Crippen LogP contribution is 2.20. The SMILES string of the molecule is Cc1cc(NC(=O)CN2CCCC[C@H]2CCn2ccnc2C)no1. The van der Waals surface area contributed by atoms with Gasteiger partial charge in [0.25, 0.3) is 0 Å². The Hall–Kier alpha value is -2.15. The third-order valence-corrected chi connectivity index (χ3v) is 4.62. The molecule has 1 atom stereocenters. The second-order valence-electron chi connectivity index (χ2n) is 6.45. The number of imidazole rings is 1. The van der Waals surface area contributed by atoms with E-state index in [0.717, 1.165) is 38.2 Å². The number of hydrogen-bond donors (Lipinski definition) is 1. The van der Waals surface area contributed by atoms with Gasteiger partial charge in [-0.25, -0.2) is 4.98 Å². The van der Waals surface area contributed by atoms with Crippen LogP contribution in [-0.4, -0.2) is 44.6 Å². The summed E-state index contributed by atoms with van der Waals surface area (Å²) < 4.78 is 7.15. The Labute approximate surface area is 142 Å². The first-order chi connectivity index (χ1) is 11.6. The molecule has 1 amide bonds. The third-order valence-electron chi connectivity index (χ3n) is 4.62. The molecule has 2 aromatic rings. The van der Waals surface area contributed by atoms with E-state index < -0.39 is 0 Å². The van der Waals surface area contributed by atoms with Crippen LogP contribution in [0.25, 0.3) is 0 Å². The maximum Gasteiger partial charge on any atom is 0.239 e. The molecular formula is C17H25N5O2. The van der Waals surface area contributed by atoms with Gasteiger partial charge in [-0.05, 0) is 39.7 Å². The first kappa shape index (κ1) is 16.7. The molecule has 0 bridgehead atoms. The molecule has 0 saturated carbocycles. The molecule has 3 heterocycles. The van der Waals surface area contributed by atoms with E-state index in [1.165, 1.54) is 6.42 Å². The van der Waals surface area contributed by atoms with Crippen molar-refractivity contribution in [3.05, 3.63) is 30.0 Å². The minimum Gasteiger partial charge on any atom is -0.360 e. The molecule has 7 nitrogen and oxygen atoms in total. The average molecular weight is 331 g/mol. The van der Waals surface area contributed by atoms with E-state index in [4.69, 9.17) is 4.52 Å². The second-order valence-corrected chi connectivity index (χ2v) is 6.45. The fraction of sp³-hybridized carbons (Fsp3) is 0.588. The normalized spacial score (nSPS) is 18.7. The summed E-state index contributed by atoms with van der Waals surface area (Å²) in [6.07, 6.45) is 8.41. The van der Waals surface area contributed by atoms with Gasteiger partial charge in [0.15, 0.2) is 5.82 Å². The number of carbonyl (C=O) groups excluding carboxylic acids is 1. The largest absolute Gasteiger partial charge is 0.360 e. The summed E-state index contributed by atoms with van der Waals surface area (Å²) in [6, 6.07) is 2.17. The van der Waals surface area contributed by atoms with Crippen LogP contribution in [0.1, 0.15) is 37.3 Å². The minimum absolute atomic E-state index is 0.0333. The number of rotatable bonds is 6. The molecule has 1 fully saturated rings. The fourth-order valence-corrected chi connectivity index (χ4v) is 3.32. The summed E-state index contributed by atoms with van der Waals surface area (Å²) in [6.45, 7) is 6.14. The molecule has 1 N–H and O–H groups in total. The molecule has 0 radical (unpaired) electrons. The summed E-state index contributed by atoms with van der Waals surface area (Å²) in [5, 5.41) is 6.62. The van der Waals surface area contributed by atoms with Crippen molar-refractivity contribution >= 4 is 11.7 Å². The number of hydrogen-bond acceptors (Lipinski definition) is 5. The van der Waals surface area contributed by atoms with Crippen LogP contribution in [-0.2, 0) is 11.3 Å². The zero-order chi connectivity index (χ0) is 16.9. The predicted octanol–water partition coefficient (Wildman–Crippen LogP) is 2.37. The molecule has 1 aliphatic rings. The monoisotopic (exact) mass is 331 g/mol. The van der Waals surface area contributed by atoms with Crippen molar-refractivity contribution in [2.24, 2.45) is 0 Å². The number of aryl methyl sites for hydroxylation is 3. The highest BCUT2D eigenvalue weighted by atomic mass is 16.5. The lowest BCUT2D eigenvalue weighted by Crippen LogP contribution is -2.44. The summed E-state index contributed by atoms with van der Waals surface area (Å²) >= 11 is 0.